The number of allylic oxidation sites excluding steroid dienone is 13. The fourth-order valence-electron chi connectivity index (χ4n) is 8.98. The summed E-state index contributed by atoms with van der Waals surface area (Å²) in [5, 5.41) is 13.9. The molecule has 0 heterocycles. The summed E-state index contributed by atoms with van der Waals surface area (Å²) in [5.41, 5.74) is 0. The van der Waals surface area contributed by atoms with Crippen LogP contribution in [0.4, 0.5) is 0 Å². The molecule has 436 valence electrons. The largest absolute Gasteiger partial charge is 0.756 e. The van der Waals surface area contributed by atoms with Crippen molar-refractivity contribution < 1.29 is 32.9 Å². The Kier molecular flexibility index (Phi) is 54.7. The number of unbranched alkanes of at least 4 members (excludes halogenated alkanes) is 32. The van der Waals surface area contributed by atoms with E-state index in [1.807, 2.05) is 27.2 Å². The minimum absolute atomic E-state index is 0.0104. The summed E-state index contributed by atoms with van der Waals surface area (Å²) in [6.07, 6.45) is 79.7. The summed E-state index contributed by atoms with van der Waals surface area (Å²) >= 11 is 0. The fourth-order valence-corrected chi connectivity index (χ4v) is 9.71. The monoisotopic (exact) mass is 1070 g/mol. The van der Waals surface area contributed by atoms with E-state index in [9.17, 15) is 19.4 Å². The van der Waals surface area contributed by atoms with Gasteiger partial charge >= 0.3 is 0 Å². The molecule has 0 fully saturated rings. The van der Waals surface area contributed by atoms with Gasteiger partial charge in [-0.05, 0) is 70.6 Å². The lowest BCUT2D eigenvalue weighted by atomic mass is 10.0. The molecule has 0 spiro atoms. The average Bonchev–Trinajstić information content (AvgIpc) is 3.37. The highest BCUT2D eigenvalue weighted by Crippen LogP contribution is 2.38. The average molecular weight is 1070 g/mol. The van der Waals surface area contributed by atoms with E-state index in [4.69, 9.17) is 9.05 Å². The molecule has 3 unspecified atom stereocenters. The first-order chi connectivity index (χ1) is 36.5. The summed E-state index contributed by atoms with van der Waals surface area (Å²) in [5.74, 6) is -0.222. The van der Waals surface area contributed by atoms with Crippen LogP contribution in [-0.2, 0) is 18.4 Å². The Morgan fingerprint density at radius 3 is 1.19 bits per heavy atom. The van der Waals surface area contributed by atoms with Crippen LogP contribution in [0.3, 0.4) is 0 Å². The zero-order valence-corrected chi connectivity index (χ0v) is 50.6. The smallest absolute Gasteiger partial charge is 0.268 e. The van der Waals surface area contributed by atoms with E-state index in [0.717, 1.165) is 89.9 Å². The van der Waals surface area contributed by atoms with Gasteiger partial charge in [0.1, 0.15) is 13.2 Å². The third kappa shape index (κ3) is 59.2. The molecule has 0 aliphatic rings. The molecule has 0 bridgehead atoms. The van der Waals surface area contributed by atoms with Gasteiger partial charge in [-0.1, -0.05) is 285 Å². The van der Waals surface area contributed by atoms with Crippen molar-refractivity contribution in [3.8, 4) is 0 Å². The van der Waals surface area contributed by atoms with Crippen LogP contribution < -0.4 is 10.2 Å². The highest BCUT2D eigenvalue weighted by Gasteiger charge is 2.23. The molecule has 2 N–H and O–H groups in total. The molecule has 1 amide bonds. The molecule has 0 aromatic carbocycles. The molecule has 9 heteroatoms. The lowest BCUT2D eigenvalue weighted by Crippen LogP contribution is -2.45. The number of hydrogen-bond donors (Lipinski definition) is 2. The van der Waals surface area contributed by atoms with Crippen molar-refractivity contribution in [3.63, 3.8) is 0 Å². The number of carbonyl (C=O) groups is 1. The third-order valence-corrected chi connectivity index (χ3v) is 14.8. The van der Waals surface area contributed by atoms with Crippen LogP contribution in [0.1, 0.15) is 277 Å². The van der Waals surface area contributed by atoms with Crippen molar-refractivity contribution in [2.24, 2.45) is 0 Å². The number of aliphatic hydroxyl groups excluding tert-OH is 1. The number of rotatable bonds is 57. The van der Waals surface area contributed by atoms with Crippen molar-refractivity contribution in [3.05, 3.63) is 85.1 Å². The van der Waals surface area contributed by atoms with Crippen LogP contribution in [0.5, 0.6) is 0 Å². The van der Waals surface area contributed by atoms with E-state index >= 15 is 0 Å². The summed E-state index contributed by atoms with van der Waals surface area (Å²) in [4.78, 5) is 25.5. The zero-order chi connectivity index (χ0) is 54.9. The zero-order valence-electron chi connectivity index (χ0n) is 49.7. The van der Waals surface area contributed by atoms with Gasteiger partial charge in [-0.2, -0.15) is 0 Å². The maximum absolute atomic E-state index is 13.0. The third-order valence-electron chi connectivity index (χ3n) is 13.9. The molecular weight excluding hydrogens is 948 g/mol. The summed E-state index contributed by atoms with van der Waals surface area (Å²) in [7, 11) is 1.24. The van der Waals surface area contributed by atoms with Crippen LogP contribution in [-0.4, -0.2) is 68.5 Å². The van der Waals surface area contributed by atoms with Crippen LogP contribution in [0.25, 0.3) is 0 Å². The molecule has 0 aliphatic carbocycles. The number of phosphoric ester groups is 1. The standard InChI is InChI=1S/C66H121N2O6P/c1-6-8-10-12-14-16-18-20-22-24-26-28-30-31-32-33-34-35-36-38-39-41-43-45-47-49-51-53-55-57-59-65(69)64(63-74-75(71,72)73-62-61-68(3,4)5)67-66(70)60-58-56-54-52-50-48-46-44-42-40-37-29-27-25-23-21-19-17-15-13-11-9-7-2/h9,11,15,17,21,23,27,29,40,42,46,48,57,59,64-65,69H,6-8,10,12-14,16,18-20,22,24-26,28,30-39,41,43-45,47,49-56,58,60-63H2,1-5H3,(H-,67,70,71,72)/b11-9-,17-15-,23-21-,29-27-,42-40-,48-46-,59-57+. The second-order valence-electron chi connectivity index (χ2n) is 22.4. The van der Waals surface area contributed by atoms with Crippen LogP contribution in [0.2, 0.25) is 0 Å². The maximum atomic E-state index is 13.0. The first-order valence-electron chi connectivity index (χ1n) is 31.4. The van der Waals surface area contributed by atoms with Crippen molar-refractivity contribution in [1.29, 1.82) is 0 Å². The number of nitrogens with zero attached hydrogens (tertiary/aromatic N) is 1. The van der Waals surface area contributed by atoms with Gasteiger partial charge in [0.15, 0.2) is 0 Å². The quantitative estimate of drug-likeness (QED) is 0.0272. The number of phosphoric acid groups is 1. The van der Waals surface area contributed by atoms with Gasteiger partial charge in [-0.15, -0.1) is 0 Å². The van der Waals surface area contributed by atoms with Crippen molar-refractivity contribution in [2.75, 3.05) is 40.9 Å². The maximum Gasteiger partial charge on any atom is 0.268 e. The van der Waals surface area contributed by atoms with Crippen molar-refractivity contribution in [1.82, 2.24) is 5.32 Å². The van der Waals surface area contributed by atoms with E-state index in [0.29, 0.717) is 17.4 Å². The molecule has 75 heavy (non-hydrogen) atoms. The molecule has 0 aromatic rings. The molecule has 0 radical (unpaired) electrons. The highest BCUT2D eigenvalue weighted by molar-refractivity contribution is 7.45. The van der Waals surface area contributed by atoms with E-state index in [1.54, 1.807) is 6.08 Å². The first-order valence-corrected chi connectivity index (χ1v) is 32.9. The number of nitrogens with one attached hydrogen (secondary N) is 1. The van der Waals surface area contributed by atoms with E-state index in [1.165, 1.54) is 167 Å². The van der Waals surface area contributed by atoms with Crippen molar-refractivity contribution >= 4 is 13.7 Å². The molecule has 0 saturated carbocycles. The van der Waals surface area contributed by atoms with Gasteiger partial charge in [-0.25, -0.2) is 0 Å². The second-order valence-corrected chi connectivity index (χ2v) is 23.8. The molecule has 0 aromatic heterocycles. The van der Waals surface area contributed by atoms with E-state index in [2.05, 4.69) is 92.1 Å². The van der Waals surface area contributed by atoms with E-state index < -0.39 is 26.6 Å². The van der Waals surface area contributed by atoms with E-state index in [-0.39, 0.29) is 12.5 Å². The minimum Gasteiger partial charge on any atom is -0.756 e. The molecule has 8 nitrogen and oxygen atoms in total. The lowest BCUT2D eigenvalue weighted by Gasteiger charge is -2.29. The SMILES string of the molecule is CC/C=C\C/C=C\C/C=C\C/C=C\C/C=C\C/C=C\CCCCCCC(=O)NC(COP(=O)([O-])OCC[N+](C)(C)C)C(O)/C=C/CCCCCCCCCCCCCCCCCCCCCCCCCCCCCC. The van der Waals surface area contributed by atoms with Gasteiger partial charge in [0, 0.05) is 6.42 Å². The van der Waals surface area contributed by atoms with Gasteiger partial charge in [0.05, 0.1) is 39.9 Å². The number of aliphatic hydroxyl groups is 1. The minimum atomic E-state index is -4.61. The van der Waals surface area contributed by atoms with Gasteiger partial charge < -0.3 is 28.8 Å². The van der Waals surface area contributed by atoms with Gasteiger partial charge in [0.2, 0.25) is 5.91 Å². The highest BCUT2D eigenvalue weighted by atomic mass is 31.2. The number of quaternary nitrogens is 1. The van der Waals surface area contributed by atoms with Crippen LogP contribution in [0, 0.1) is 0 Å². The molecule has 0 aliphatic heterocycles. The Balaban J connectivity index is 4.20. The summed E-state index contributed by atoms with van der Waals surface area (Å²) < 4.78 is 23.4. The Morgan fingerprint density at radius 2 is 0.813 bits per heavy atom. The van der Waals surface area contributed by atoms with Gasteiger partial charge in [-0.3, -0.25) is 9.36 Å². The number of hydrogen-bond acceptors (Lipinski definition) is 6. The molecule has 3 atom stereocenters. The molecular formula is C66H121N2O6P. The lowest BCUT2D eigenvalue weighted by molar-refractivity contribution is -0.870. The summed E-state index contributed by atoms with van der Waals surface area (Å²) in [6.45, 7) is 4.53. The topological polar surface area (TPSA) is 108 Å². The van der Waals surface area contributed by atoms with Crippen LogP contribution >= 0.6 is 7.82 Å². The normalized spacial score (nSPS) is 14.4. The Morgan fingerprint density at radius 1 is 0.480 bits per heavy atom. The van der Waals surface area contributed by atoms with Crippen LogP contribution in [0.15, 0.2) is 85.1 Å². The number of likely N-dealkylation sites (N-methyl/N-ethyl adjacent to an activating group) is 1. The number of amides is 1. The second kappa shape index (κ2) is 56.4. The first kappa shape index (κ1) is 72.7. The summed E-state index contributed by atoms with van der Waals surface area (Å²) in [6, 6.07) is -0.908. The Hall–Kier alpha value is -2.32. The molecule has 0 saturated heterocycles. The van der Waals surface area contributed by atoms with Crippen molar-refractivity contribution in [2.45, 2.75) is 289 Å². The predicted molar refractivity (Wildman–Crippen MR) is 325 cm³/mol. The number of carbonyl (C=O) groups excluding carboxylic acids is 1. The fraction of sp³-hybridized carbons (Fsp3) is 0.773. The predicted octanol–water partition coefficient (Wildman–Crippen LogP) is 19.0. The van der Waals surface area contributed by atoms with Gasteiger partial charge in [0.25, 0.3) is 7.82 Å². The Bertz CT molecular complexity index is 1500. The Labute approximate surface area is 465 Å². The molecule has 0 rings (SSSR count).